The Balaban J connectivity index is 1.20. The third-order valence-corrected chi connectivity index (χ3v) is 9.93. The van der Waals surface area contributed by atoms with E-state index in [4.69, 9.17) is 9.47 Å². The van der Waals surface area contributed by atoms with Crippen molar-refractivity contribution >= 4 is 29.0 Å². The number of aliphatic hydroxyl groups is 1. The van der Waals surface area contributed by atoms with Crippen LogP contribution in [0.5, 0.6) is 0 Å². The predicted octanol–water partition coefficient (Wildman–Crippen LogP) is 7.97. The predicted molar refractivity (Wildman–Crippen MR) is 173 cm³/mol. The molecule has 49 heavy (non-hydrogen) atoms. The van der Waals surface area contributed by atoms with Crippen molar-refractivity contribution in [3.05, 3.63) is 135 Å². The molecule has 1 aromatic heterocycles. The molecule has 1 amide bonds. The first-order valence-electron chi connectivity index (χ1n) is 15.0. The van der Waals surface area contributed by atoms with Gasteiger partial charge in [0.2, 0.25) is 5.82 Å². The van der Waals surface area contributed by atoms with Crippen LogP contribution in [0.4, 0.5) is 22.0 Å². The van der Waals surface area contributed by atoms with Crippen molar-refractivity contribution in [1.82, 2.24) is 15.5 Å². The van der Waals surface area contributed by atoms with Crippen molar-refractivity contribution in [2.24, 2.45) is 0 Å². The second-order valence-corrected chi connectivity index (χ2v) is 13.7. The number of carbonyl (C=O) groups is 1. The van der Waals surface area contributed by atoms with E-state index in [1.54, 1.807) is 30.0 Å². The van der Waals surface area contributed by atoms with E-state index < -0.39 is 46.8 Å². The fourth-order valence-electron chi connectivity index (χ4n) is 5.32. The smallest absolute Gasteiger partial charge is 0.257 e. The van der Waals surface area contributed by atoms with Crippen LogP contribution in [-0.4, -0.2) is 33.1 Å². The van der Waals surface area contributed by atoms with Crippen molar-refractivity contribution in [1.29, 1.82) is 0 Å². The first kappa shape index (κ1) is 34.6. The van der Waals surface area contributed by atoms with Gasteiger partial charge in [-0.2, -0.15) is 0 Å². The van der Waals surface area contributed by atoms with Crippen LogP contribution in [-0.2, 0) is 22.6 Å². The molecule has 2 heterocycles. The number of ether oxygens (including phenoxy) is 2. The Morgan fingerprint density at radius 1 is 0.857 bits per heavy atom. The molecule has 7 nitrogen and oxygen atoms in total. The average Bonchev–Trinajstić information content (AvgIpc) is 3.56. The second-order valence-electron chi connectivity index (χ2n) is 11.2. The first-order valence-corrected chi connectivity index (χ1v) is 16.8. The summed E-state index contributed by atoms with van der Waals surface area (Å²) in [5, 5.41) is 20.9. The molecule has 0 aliphatic carbocycles. The molecule has 0 unspecified atom stereocenters. The topological polar surface area (TPSA) is 93.6 Å². The van der Waals surface area contributed by atoms with Gasteiger partial charge in [0, 0.05) is 24.3 Å². The molecule has 6 rings (SSSR count). The number of benzene rings is 4. The molecule has 0 bridgehead atoms. The summed E-state index contributed by atoms with van der Waals surface area (Å²) in [4.78, 5) is 12.5. The number of thioether (sulfide) groups is 1. The molecular weight excluding hydrogens is 686 g/mol. The number of rotatable bonds is 10. The SMILES string of the molecule is Cc1nnc(SC[C@@H]2C[C@H](c3ccc(CO)cc3)O[C@H](c3cccc(-c4cccc(CNC(=O)c5c(F)c(F)c(F)c(F)c5F)c4)c3)O2)s1. The van der Waals surface area contributed by atoms with E-state index in [0.717, 1.165) is 37.2 Å². The number of carbonyl (C=O) groups excluding carboxylic acids is 1. The molecule has 1 aliphatic rings. The number of hydrogen-bond donors (Lipinski definition) is 2. The maximum absolute atomic E-state index is 14.1. The Morgan fingerprint density at radius 3 is 2.20 bits per heavy atom. The van der Waals surface area contributed by atoms with Gasteiger partial charge >= 0.3 is 0 Å². The van der Waals surface area contributed by atoms with Gasteiger partial charge in [0.25, 0.3) is 5.91 Å². The number of aryl methyl sites for hydroxylation is 1. The zero-order chi connectivity index (χ0) is 34.7. The Hall–Kier alpha value is -4.21. The zero-order valence-corrected chi connectivity index (χ0v) is 27.4. The third kappa shape index (κ3) is 7.84. The van der Waals surface area contributed by atoms with Crippen LogP contribution in [0.25, 0.3) is 11.1 Å². The summed E-state index contributed by atoms with van der Waals surface area (Å²) in [6.07, 6.45) is -0.606. The van der Waals surface area contributed by atoms with E-state index in [9.17, 15) is 31.9 Å². The highest BCUT2D eigenvalue weighted by molar-refractivity contribution is 8.01. The standard InChI is InChI=1S/C35H28F5N3O4S2/c1-18-42-43-35(49-18)48-17-25-14-26(21-10-8-19(16-44)9-11-21)47-34(46-25)24-7-3-6-23(13-24)22-5-2-4-20(12-22)15-41-33(45)27-28(36)30(38)32(40)31(39)29(27)37/h2-13,25-26,34,44H,14-17H2,1H3,(H,41,45)/t25-,26+,34+/m0/s1. The average molecular weight is 714 g/mol. The number of aliphatic hydroxyl groups excluding tert-OH is 1. The summed E-state index contributed by atoms with van der Waals surface area (Å²) in [6, 6.07) is 22.0. The molecule has 14 heteroatoms. The fraction of sp³-hybridized carbons (Fsp3) is 0.229. The molecule has 3 atom stereocenters. The Morgan fingerprint density at radius 2 is 1.53 bits per heavy atom. The number of hydrogen-bond acceptors (Lipinski definition) is 8. The Bertz CT molecular complexity index is 1950. The minimum absolute atomic E-state index is 0.0657. The first-order chi connectivity index (χ1) is 23.6. The van der Waals surface area contributed by atoms with Gasteiger partial charge < -0.3 is 19.9 Å². The lowest BCUT2D eigenvalue weighted by molar-refractivity contribution is -0.245. The maximum atomic E-state index is 14.1. The summed E-state index contributed by atoms with van der Waals surface area (Å²) in [6.45, 7) is 1.59. The van der Waals surface area contributed by atoms with E-state index in [2.05, 4.69) is 15.5 Å². The number of amides is 1. The van der Waals surface area contributed by atoms with Gasteiger partial charge in [-0.1, -0.05) is 83.8 Å². The van der Waals surface area contributed by atoms with Gasteiger partial charge in [0.1, 0.15) is 10.6 Å². The third-order valence-electron chi connectivity index (χ3n) is 7.82. The summed E-state index contributed by atoms with van der Waals surface area (Å²) in [5.41, 5.74) is 2.97. The van der Waals surface area contributed by atoms with Crippen LogP contribution in [0.3, 0.4) is 0 Å². The molecule has 2 N–H and O–H groups in total. The van der Waals surface area contributed by atoms with Gasteiger partial charge in [-0.3, -0.25) is 4.79 Å². The minimum atomic E-state index is -2.34. The molecule has 254 valence electrons. The largest absolute Gasteiger partial charge is 0.392 e. The lowest BCUT2D eigenvalue weighted by Gasteiger charge is -2.36. The fourth-order valence-corrected chi connectivity index (χ4v) is 7.18. The van der Waals surface area contributed by atoms with Crippen molar-refractivity contribution in [2.45, 2.75) is 49.3 Å². The highest BCUT2D eigenvalue weighted by atomic mass is 32.2. The Kier molecular flexibility index (Phi) is 10.7. The van der Waals surface area contributed by atoms with Gasteiger partial charge in [-0.25, -0.2) is 22.0 Å². The molecule has 0 saturated carbocycles. The highest BCUT2D eigenvalue weighted by Gasteiger charge is 2.33. The summed E-state index contributed by atoms with van der Waals surface area (Å²) in [7, 11) is 0. The maximum Gasteiger partial charge on any atom is 0.257 e. The molecule has 1 saturated heterocycles. The van der Waals surface area contributed by atoms with Crippen LogP contribution >= 0.6 is 23.1 Å². The van der Waals surface area contributed by atoms with E-state index >= 15 is 0 Å². The number of halogens is 5. The number of aromatic nitrogens is 2. The van der Waals surface area contributed by atoms with Gasteiger partial charge in [0.05, 0.1) is 18.8 Å². The van der Waals surface area contributed by atoms with Gasteiger partial charge in [-0.05, 0) is 46.9 Å². The normalized spacial score (nSPS) is 17.7. The molecule has 0 spiro atoms. The molecule has 4 aromatic carbocycles. The van der Waals surface area contributed by atoms with E-state index in [1.807, 2.05) is 61.5 Å². The van der Waals surface area contributed by atoms with Gasteiger partial charge in [-0.15, -0.1) is 10.2 Å². The molecule has 0 radical (unpaired) electrons. The van der Waals surface area contributed by atoms with Crippen molar-refractivity contribution in [2.75, 3.05) is 5.75 Å². The summed E-state index contributed by atoms with van der Waals surface area (Å²) in [5.74, 6) is -12.0. The number of nitrogens with zero attached hydrogens (tertiary/aromatic N) is 2. The Labute approximate surface area is 286 Å². The monoisotopic (exact) mass is 713 g/mol. The highest BCUT2D eigenvalue weighted by Crippen LogP contribution is 2.40. The summed E-state index contributed by atoms with van der Waals surface area (Å²) < 4.78 is 82.7. The van der Waals surface area contributed by atoms with E-state index in [-0.39, 0.29) is 25.4 Å². The molecule has 5 aromatic rings. The van der Waals surface area contributed by atoms with Crippen LogP contribution in [0.2, 0.25) is 0 Å². The van der Waals surface area contributed by atoms with Crippen molar-refractivity contribution < 1.29 is 41.3 Å². The summed E-state index contributed by atoms with van der Waals surface area (Å²) >= 11 is 3.08. The van der Waals surface area contributed by atoms with E-state index in [0.29, 0.717) is 17.7 Å². The van der Waals surface area contributed by atoms with Crippen LogP contribution in [0.1, 0.15) is 56.4 Å². The van der Waals surface area contributed by atoms with Crippen molar-refractivity contribution in [3.63, 3.8) is 0 Å². The number of nitrogens with one attached hydrogen (secondary N) is 1. The van der Waals surface area contributed by atoms with Crippen molar-refractivity contribution in [3.8, 4) is 11.1 Å². The molecule has 1 aliphatic heterocycles. The van der Waals surface area contributed by atoms with Crippen LogP contribution < -0.4 is 5.32 Å². The zero-order valence-electron chi connectivity index (χ0n) is 25.8. The lowest BCUT2D eigenvalue weighted by Crippen LogP contribution is -2.31. The quantitative estimate of drug-likeness (QED) is 0.0657. The lowest BCUT2D eigenvalue weighted by atomic mass is 9.99. The van der Waals surface area contributed by atoms with E-state index in [1.165, 1.54) is 11.3 Å². The second kappa shape index (κ2) is 15.1. The minimum Gasteiger partial charge on any atom is -0.392 e. The van der Waals surface area contributed by atoms with Crippen LogP contribution in [0, 0.1) is 36.0 Å². The van der Waals surface area contributed by atoms with Gasteiger partial charge in [0.15, 0.2) is 33.9 Å². The molecule has 1 fully saturated rings. The molecular formula is C35H28F5N3O4S2. The van der Waals surface area contributed by atoms with Crippen LogP contribution in [0.15, 0.2) is 77.1 Å².